The van der Waals surface area contributed by atoms with E-state index < -0.39 is 0 Å². The van der Waals surface area contributed by atoms with Gasteiger partial charge in [0, 0.05) is 25.0 Å². The topological polar surface area (TPSA) is 49.2 Å². The van der Waals surface area contributed by atoms with Crippen LogP contribution in [0.5, 0.6) is 0 Å². The Labute approximate surface area is 84.6 Å². The largest absolute Gasteiger partial charge is 0.392 e. The molecule has 0 aliphatic rings. The molecule has 1 N–H and O–H groups in total. The number of hydrogen-bond acceptors (Lipinski definition) is 4. The summed E-state index contributed by atoms with van der Waals surface area (Å²) in [5.41, 5.74) is 1.90. The zero-order chi connectivity index (χ0) is 10.7. The lowest BCUT2D eigenvalue weighted by Crippen LogP contribution is -2.28. The Balaban J connectivity index is 2.84. The highest BCUT2D eigenvalue weighted by Crippen LogP contribution is 2.08. The van der Waals surface area contributed by atoms with Gasteiger partial charge in [-0.15, -0.1) is 0 Å². The van der Waals surface area contributed by atoms with E-state index in [1.54, 1.807) is 6.92 Å². The van der Waals surface area contributed by atoms with Crippen LogP contribution in [0.1, 0.15) is 18.3 Å². The molecule has 1 unspecified atom stereocenters. The molecule has 4 heteroatoms. The van der Waals surface area contributed by atoms with Crippen molar-refractivity contribution >= 4 is 5.95 Å². The standard InChI is InChI=1S/C10H17N3O/c1-7-5-8(2)12-10(11-7)13(4)6-9(3)14/h5,9,14H,6H2,1-4H3. The first-order valence-electron chi connectivity index (χ1n) is 4.70. The monoisotopic (exact) mass is 195 g/mol. The molecule has 1 aromatic rings. The van der Waals surface area contributed by atoms with Gasteiger partial charge < -0.3 is 10.0 Å². The van der Waals surface area contributed by atoms with Gasteiger partial charge in [0.05, 0.1) is 6.10 Å². The molecule has 0 radical (unpaired) electrons. The fraction of sp³-hybridized carbons (Fsp3) is 0.600. The van der Waals surface area contributed by atoms with E-state index in [9.17, 15) is 5.11 Å². The second-order valence-corrected chi connectivity index (χ2v) is 3.68. The van der Waals surface area contributed by atoms with Crippen LogP contribution in [0.2, 0.25) is 0 Å². The average molecular weight is 195 g/mol. The first kappa shape index (κ1) is 10.9. The van der Waals surface area contributed by atoms with Gasteiger partial charge in [-0.1, -0.05) is 0 Å². The molecular formula is C10H17N3O. The highest BCUT2D eigenvalue weighted by molar-refractivity contribution is 5.30. The summed E-state index contributed by atoms with van der Waals surface area (Å²) in [5.74, 6) is 0.670. The molecule has 0 saturated heterocycles. The summed E-state index contributed by atoms with van der Waals surface area (Å²) in [6.45, 7) is 6.17. The number of hydrogen-bond donors (Lipinski definition) is 1. The molecule has 1 aromatic heterocycles. The van der Waals surface area contributed by atoms with Crippen LogP contribution in [0.4, 0.5) is 5.95 Å². The molecule has 4 nitrogen and oxygen atoms in total. The van der Waals surface area contributed by atoms with Crippen molar-refractivity contribution in [2.45, 2.75) is 26.9 Å². The van der Waals surface area contributed by atoms with Crippen molar-refractivity contribution in [3.8, 4) is 0 Å². The van der Waals surface area contributed by atoms with E-state index in [0.717, 1.165) is 11.4 Å². The summed E-state index contributed by atoms with van der Waals surface area (Å²) >= 11 is 0. The number of aliphatic hydroxyl groups excluding tert-OH is 1. The number of rotatable bonds is 3. The van der Waals surface area contributed by atoms with E-state index in [0.29, 0.717) is 12.5 Å². The number of aromatic nitrogens is 2. The molecule has 0 amide bonds. The summed E-state index contributed by atoms with van der Waals surface area (Å²) < 4.78 is 0. The third-order valence-electron chi connectivity index (χ3n) is 1.85. The van der Waals surface area contributed by atoms with E-state index in [1.807, 2.05) is 31.9 Å². The Kier molecular flexibility index (Phi) is 3.41. The fourth-order valence-electron chi connectivity index (χ4n) is 1.36. The van der Waals surface area contributed by atoms with E-state index in [2.05, 4.69) is 9.97 Å². The van der Waals surface area contributed by atoms with Crippen molar-refractivity contribution < 1.29 is 5.11 Å². The van der Waals surface area contributed by atoms with Crippen LogP contribution in [-0.2, 0) is 0 Å². The number of anilines is 1. The Morgan fingerprint density at radius 1 is 1.36 bits per heavy atom. The molecule has 78 valence electrons. The number of aliphatic hydroxyl groups is 1. The molecule has 1 atom stereocenters. The fourth-order valence-corrected chi connectivity index (χ4v) is 1.36. The molecule has 14 heavy (non-hydrogen) atoms. The van der Waals surface area contributed by atoms with E-state index in [-0.39, 0.29) is 6.10 Å². The van der Waals surface area contributed by atoms with Crippen LogP contribution in [0.15, 0.2) is 6.07 Å². The minimum atomic E-state index is -0.371. The first-order valence-corrected chi connectivity index (χ1v) is 4.70. The van der Waals surface area contributed by atoms with Gasteiger partial charge >= 0.3 is 0 Å². The zero-order valence-corrected chi connectivity index (χ0v) is 9.15. The summed E-state index contributed by atoms with van der Waals surface area (Å²) in [6, 6.07) is 1.93. The molecule has 0 bridgehead atoms. The third kappa shape index (κ3) is 2.96. The Morgan fingerprint density at radius 2 is 1.86 bits per heavy atom. The Bertz CT molecular complexity index is 292. The van der Waals surface area contributed by atoms with Gasteiger partial charge in [-0.05, 0) is 26.8 Å². The molecule has 0 aliphatic heterocycles. The van der Waals surface area contributed by atoms with Gasteiger partial charge in [0.25, 0.3) is 0 Å². The summed E-state index contributed by atoms with van der Waals surface area (Å²) in [5, 5.41) is 9.23. The lowest BCUT2D eigenvalue weighted by atomic mass is 10.3. The SMILES string of the molecule is Cc1cc(C)nc(N(C)CC(C)O)n1. The van der Waals surface area contributed by atoms with E-state index >= 15 is 0 Å². The van der Waals surface area contributed by atoms with Gasteiger partial charge in [-0.2, -0.15) is 0 Å². The maximum Gasteiger partial charge on any atom is 0.225 e. The molecule has 1 heterocycles. The van der Waals surface area contributed by atoms with Crippen LogP contribution < -0.4 is 4.90 Å². The number of nitrogens with zero attached hydrogens (tertiary/aromatic N) is 3. The highest BCUT2D eigenvalue weighted by Gasteiger charge is 2.07. The lowest BCUT2D eigenvalue weighted by Gasteiger charge is -2.19. The second-order valence-electron chi connectivity index (χ2n) is 3.68. The van der Waals surface area contributed by atoms with Crippen LogP contribution in [-0.4, -0.2) is 34.8 Å². The number of likely N-dealkylation sites (N-methyl/N-ethyl adjacent to an activating group) is 1. The van der Waals surface area contributed by atoms with Gasteiger partial charge in [0.2, 0.25) is 5.95 Å². The maximum absolute atomic E-state index is 9.23. The normalized spacial score (nSPS) is 12.6. The Hall–Kier alpha value is -1.16. The molecule has 0 fully saturated rings. The van der Waals surface area contributed by atoms with E-state index in [1.165, 1.54) is 0 Å². The van der Waals surface area contributed by atoms with Crippen molar-refractivity contribution in [1.29, 1.82) is 0 Å². The van der Waals surface area contributed by atoms with Crippen molar-refractivity contribution in [3.05, 3.63) is 17.5 Å². The maximum atomic E-state index is 9.23. The summed E-state index contributed by atoms with van der Waals surface area (Å²) in [4.78, 5) is 10.4. The van der Waals surface area contributed by atoms with Gasteiger partial charge in [0.15, 0.2) is 0 Å². The summed E-state index contributed by atoms with van der Waals surface area (Å²) in [6.07, 6.45) is -0.371. The van der Waals surface area contributed by atoms with E-state index in [4.69, 9.17) is 0 Å². The van der Waals surface area contributed by atoms with Crippen molar-refractivity contribution in [1.82, 2.24) is 9.97 Å². The molecule has 0 saturated carbocycles. The van der Waals surface area contributed by atoms with Crippen LogP contribution in [0.3, 0.4) is 0 Å². The zero-order valence-electron chi connectivity index (χ0n) is 9.15. The predicted octanol–water partition coefficient (Wildman–Crippen LogP) is 0.910. The average Bonchev–Trinajstić information content (AvgIpc) is 2.00. The predicted molar refractivity (Wildman–Crippen MR) is 56.5 cm³/mol. The van der Waals surface area contributed by atoms with Crippen molar-refractivity contribution in [3.63, 3.8) is 0 Å². The van der Waals surface area contributed by atoms with Gasteiger partial charge in [-0.25, -0.2) is 9.97 Å². The van der Waals surface area contributed by atoms with Crippen LogP contribution >= 0.6 is 0 Å². The first-order chi connectivity index (χ1) is 6.49. The van der Waals surface area contributed by atoms with Crippen molar-refractivity contribution in [2.75, 3.05) is 18.5 Å². The molecule has 1 rings (SSSR count). The Morgan fingerprint density at radius 3 is 2.29 bits per heavy atom. The van der Waals surface area contributed by atoms with Crippen LogP contribution in [0, 0.1) is 13.8 Å². The number of aryl methyl sites for hydroxylation is 2. The minimum Gasteiger partial charge on any atom is -0.392 e. The van der Waals surface area contributed by atoms with Gasteiger partial charge in [0.1, 0.15) is 0 Å². The van der Waals surface area contributed by atoms with Gasteiger partial charge in [-0.3, -0.25) is 0 Å². The lowest BCUT2D eigenvalue weighted by molar-refractivity contribution is 0.201. The molecular weight excluding hydrogens is 178 g/mol. The van der Waals surface area contributed by atoms with Crippen LogP contribution in [0.25, 0.3) is 0 Å². The second kappa shape index (κ2) is 4.37. The molecule has 0 spiro atoms. The van der Waals surface area contributed by atoms with Crippen molar-refractivity contribution in [2.24, 2.45) is 0 Å². The smallest absolute Gasteiger partial charge is 0.225 e. The highest BCUT2D eigenvalue weighted by atomic mass is 16.3. The molecule has 0 aromatic carbocycles. The third-order valence-corrected chi connectivity index (χ3v) is 1.85. The summed E-state index contributed by atoms with van der Waals surface area (Å²) in [7, 11) is 1.88. The quantitative estimate of drug-likeness (QED) is 0.779. The minimum absolute atomic E-state index is 0.371. The molecule has 0 aliphatic carbocycles.